The lowest BCUT2D eigenvalue weighted by Crippen LogP contribution is -2.33. The fourth-order valence-electron chi connectivity index (χ4n) is 2.63. The molecule has 4 heteroatoms. The van der Waals surface area contributed by atoms with E-state index in [0.29, 0.717) is 6.61 Å². The first-order valence-corrected chi connectivity index (χ1v) is 6.66. The van der Waals surface area contributed by atoms with Crippen molar-refractivity contribution in [2.45, 2.75) is 25.8 Å². The van der Waals surface area contributed by atoms with Gasteiger partial charge in [0.1, 0.15) is 5.75 Å². The van der Waals surface area contributed by atoms with E-state index in [1.54, 1.807) is 0 Å². The first-order chi connectivity index (χ1) is 9.17. The van der Waals surface area contributed by atoms with E-state index in [4.69, 9.17) is 9.47 Å². The molecule has 19 heavy (non-hydrogen) atoms. The summed E-state index contributed by atoms with van der Waals surface area (Å²) in [6.45, 7) is 2.61. The number of hydrogen-bond acceptors (Lipinski definition) is 4. The summed E-state index contributed by atoms with van der Waals surface area (Å²) in [5.74, 6) is 0.727. The van der Waals surface area contributed by atoms with E-state index in [1.807, 2.05) is 38.2 Å². The van der Waals surface area contributed by atoms with Crippen molar-refractivity contribution < 1.29 is 14.3 Å². The number of carbonyl (C=O) groups excluding carboxylic acids is 1. The lowest BCUT2D eigenvalue weighted by Gasteiger charge is -2.25. The molecular formula is C15H21NO3. The van der Waals surface area contributed by atoms with Crippen molar-refractivity contribution >= 4 is 5.97 Å². The second kappa shape index (κ2) is 5.61. The Hall–Kier alpha value is -1.55. The third-order valence-electron chi connectivity index (χ3n) is 3.75. The molecular weight excluding hydrogens is 242 g/mol. The summed E-state index contributed by atoms with van der Waals surface area (Å²) in [4.78, 5) is 12.0. The molecule has 4 nitrogen and oxygen atoms in total. The van der Waals surface area contributed by atoms with E-state index in [-0.39, 0.29) is 12.0 Å². The van der Waals surface area contributed by atoms with Crippen LogP contribution in [0.1, 0.15) is 31.4 Å². The zero-order chi connectivity index (χ0) is 13.9. The van der Waals surface area contributed by atoms with Crippen LogP contribution in [0.3, 0.4) is 0 Å². The van der Waals surface area contributed by atoms with Gasteiger partial charge in [0, 0.05) is 6.04 Å². The van der Waals surface area contributed by atoms with Crippen LogP contribution in [-0.2, 0) is 9.53 Å². The van der Waals surface area contributed by atoms with Gasteiger partial charge in [0.15, 0.2) is 0 Å². The number of nitrogens with one attached hydrogen (secondary N) is 1. The molecule has 2 rings (SSSR count). The van der Waals surface area contributed by atoms with Crippen LogP contribution in [0, 0.1) is 5.41 Å². The lowest BCUT2D eigenvalue weighted by atomic mass is 9.90. The molecule has 1 saturated carbocycles. The van der Waals surface area contributed by atoms with E-state index >= 15 is 0 Å². The van der Waals surface area contributed by atoms with E-state index in [0.717, 1.165) is 24.2 Å². The number of hydrogen-bond donors (Lipinski definition) is 1. The maximum atomic E-state index is 12.0. The molecule has 104 valence electrons. The number of benzene rings is 1. The highest BCUT2D eigenvalue weighted by Gasteiger charge is 2.56. The lowest BCUT2D eigenvalue weighted by molar-refractivity contribution is -0.148. The SMILES string of the molecule is CCOc1ccc(C(NC)C2(C(=O)OC)CC2)cc1. The zero-order valence-corrected chi connectivity index (χ0v) is 11.7. The number of esters is 1. The van der Waals surface area contributed by atoms with E-state index in [2.05, 4.69) is 5.32 Å². The average molecular weight is 263 g/mol. The van der Waals surface area contributed by atoms with Crippen molar-refractivity contribution in [3.8, 4) is 5.75 Å². The predicted octanol–water partition coefficient (Wildman–Crippen LogP) is 2.30. The highest BCUT2D eigenvalue weighted by molar-refractivity contribution is 5.81. The van der Waals surface area contributed by atoms with Crippen molar-refractivity contribution in [1.29, 1.82) is 0 Å². The minimum Gasteiger partial charge on any atom is -0.494 e. The second-order valence-electron chi connectivity index (χ2n) is 4.87. The molecule has 0 heterocycles. The molecule has 0 bridgehead atoms. The Labute approximate surface area is 114 Å². The van der Waals surface area contributed by atoms with Gasteiger partial charge in [0.05, 0.1) is 19.1 Å². The van der Waals surface area contributed by atoms with Crippen LogP contribution in [0.15, 0.2) is 24.3 Å². The maximum Gasteiger partial charge on any atom is 0.313 e. The van der Waals surface area contributed by atoms with Gasteiger partial charge in [0.25, 0.3) is 0 Å². The van der Waals surface area contributed by atoms with Crippen LogP contribution < -0.4 is 10.1 Å². The number of rotatable bonds is 6. The maximum absolute atomic E-state index is 12.0. The standard InChI is InChI=1S/C15H21NO3/c1-4-19-12-7-5-11(6-8-12)13(16-2)15(9-10-15)14(17)18-3/h5-8,13,16H,4,9-10H2,1-3H3. The highest BCUT2D eigenvalue weighted by Crippen LogP contribution is 2.55. The number of carbonyl (C=O) groups is 1. The summed E-state index contributed by atoms with van der Waals surface area (Å²) in [5, 5.41) is 3.25. The molecule has 1 unspecified atom stereocenters. The molecule has 0 saturated heterocycles. The Morgan fingerprint density at radius 1 is 1.37 bits per heavy atom. The van der Waals surface area contributed by atoms with Crippen molar-refractivity contribution in [2.24, 2.45) is 5.41 Å². The summed E-state index contributed by atoms with van der Waals surface area (Å²) in [5.41, 5.74) is 0.699. The molecule has 1 N–H and O–H groups in total. The molecule has 1 aromatic rings. The Kier molecular flexibility index (Phi) is 4.10. The van der Waals surface area contributed by atoms with Gasteiger partial charge in [-0.15, -0.1) is 0 Å². The van der Waals surface area contributed by atoms with Crippen LogP contribution >= 0.6 is 0 Å². The fourth-order valence-corrected chi connectivity index (χ4v) is 2.63. The normalized spacial score (nSPS) is 17.6. The predicted molar refractivity (Wildman–Crippen MR) is 73.1 cm³/mol. The Morgan fingerprint density at radius 2 is 2.00 bits per heavy atom. The van der Waals surface area contributed by atoms with Gasteiger partial charge >= 0.3 is 5.97 Å². The summed E-state index contributed by atoms with van der Waals surface area (Å²) >= 11 is 0. The van der Waals surface area contributed by atoms with Gasteiger partial charge in [-0.05, 0) is 44.5 Å². The van der Waals surface area contributed by atoms with Crippen LogP contribution in [-0.4, -0.2) is 26.7 Å². The molecule has 0 aromatic heterocycles. The molecule has 1 atom stereocenters. The minimum absolute atomic E-state index is 0.00405. The van der Waals surface area contributed by atoms with E-state index in [9.17, 15) is 4.79 Å². The van der Waals surface area contributed by atoms with Crippen molar-refractivity contribution in [2.75, 3.05) is 20.8 Å². The van der Waals surface area contributed by atoms with Crippen molar-refractivity contribution in [3.63, 3.8) is 0 Å². The van der Waals surface area contributed by atoms with Gasteiger partial charge in [-0.25, -0.2) is 0 Å². The zero-order valence-electron chi connectivity index (χ0n) is 11.7. The Balaban J connectivity index is 2.20. The third-order valence-corrected chi connectivity index (χ3v) is 3.75. The average Bonchev–Trinajstić information content (AvgIpc) is 3.22. The molecule has 1 aliphatic rings. The van der Waals surface area contributed by atoms with Gasteiger partial charge in [0.2, 0.25) is 0 Å². The smallest absolute Gasteiger partial charge is 0.313 e. The van der Waals surface area contributed by atoms with Gasteiger partial charge in [-0.2, -0.15) is 0 Å². The van der Waals surface area contributed by atoms with Crippen LogP contribution in [0.25, 0.3) is 0 Å². The summed E-state index contributed by atoms with van der Waals surface area (Å²) in [6.07, 6.45) is 1.75. The molecule has 0 spiro atoms. The Morgan fingerprint density at radius 3 is 2.42 bits per heavy atom. The van der Waals surface area contributed by atoms with Crippen molar-refractivity contribution in [1.82, 2.24) is 5.32 Å². The van der Waals surface area contributed by atoms with E-state index in [1.165, 1.54) is 7.11 Å². The number of methoxy groups -OCH3 is 1. The van der Waals surface area contributed by atoms with Gasteiger partial charge in [-0.3, -0.25) is 4.79 Å². The molecule has 0 amide bonds. The number of ether oxygens (including phenoxy) is 2. The molecule has 0 aliphatic heterocycles. The van der Waals surface area contributed by atoms with Gasteiger partial charge < -0.3 is 14.8 Å². The summed E-state index contributed by atoms with van der Waals surface area (Å²) in [6, 6.07) is 7.90. The first kappa shape index (κ1) is 13.9. The van der Waals surface area contributed by atoms with E-state index < -0.39 is 5.41 Å². The highest BCUT2D eigenvalue weighted by atomic mass is 16.5. The molecule has 0 radical (unpaired) electrons. The fraction of sp³-hybridized carbons (Fsp3) is 0.533. The molecule has 1 aliphatic carbocycles. The largest absolute Gasteiger partial charge is 0.494 e. The third kappa shape index (κ3) is 2.59. The Bertz CT molecular complexity index is 437. The molecule has 1 fully saturated rings. The van der Waals surface area contributed by atoms with Crippen LogP contribution in [0.2, 0.25) is 0 Å². The summed E-state index contributed by atoms with van der Waals surface area (Å²) < 4.78 is 10.4. The van der Waals surface area contributed by atoms with Crippen LogP contribution in [0.5, 0.6) is 5.75 Å². The summed E-state index contributed by atoms with van der Waals surface area (Å²) in [7, 11) is 3.33. The quantitative estimate of drug-likeness (QED) is 0.800. The van der Waals surface area contributed by atoms with Gasteiger partial charge in [-0.1, -0.05) is 12.1 Å². The van der Waals surface area contributed by atoms with Crippen LogP contribution in [0.4, 0.5) is 0 Å². The topological polar surface area (TPSA) is 47.6 Å². The molecule has 1 aromatic carbocycles. The first-order valence-electron chi connectivity index (χ1n) is 6.66. The van der Waals surface area contributed by atoms with Crippen molar-refractivity contribution in [3.05, 3.63) is 29.8 Å². The monoisotopic (exact) mass is 263 g/mol. The second-order valence-corrected chi connectivity index (χ2v) is 4.87. The minimum atomic E-state index is -0.392.